The van der Waals surface area contributed by atoms with Gasteiger partial charge in [0.25, 0.3) is 0 Å². The third-order valence-corrected chi connectivity index (χ3v) is 1.34. The van der Waals surface area contributed by atoms with Crippen LogP contribution in [0.5, 0.6) is 0 Å². The van der Waals surface area contributed by atoms with Crippen molar-refractivity contribution in [3.63, 3.8) is 0 Å². The van der Waals surface area contributed by atoms with E-state index in [2.05, 4.69) is 17.1 Å². The van der Waals surface area contributed by atoms with Crippen LogP contribution in [0.2, 0.25) is 0 Å². The summed E-state index contributed by atoms with van der Waals surface area (Å²) in [5.74, 6) is 0. The molecule has 2 heteroatoms. The Balaban J connectivity index is 2.10. The third kappa shape index (κ3) is 1.32. The number of rotatable bonds is 2. The molecule has 0 aromatic carbocycles. The Labute approximate surface area is 50.0 Å². The Bertz CT molecular complexity index is 80.5. The van der Waals surface area contributed by atoms with Crippen LogP contribution in [0.4, 0.5) is 0 Å². The summed E-state index contributed by atoms with van der Waals surface area (Å²) in [6.07, 6.45) is 4.35. The molecule has 8 heavy (non-hydrogen) atoms. The molecule has 0 saturated heterocycles. The van der Waals surface area contributed by atoms with E-state index >= 15 is 0 Å². The van der Waals surface area contributed by atoms with E-state index in [1.54, 1.807) is 0 Å². The van der Waals surface area contributed by atoms with E-state index < -0.39 is 0 Å². The topological polar surface area (TPSA) is 29.3 Å². The molecule has 0 fully saturated rings. The SMILES string of the molecule is NCCN1CC=CC1. The smallest absolute Gasteiger partial charge is 0.0167 e. The number of nitrogens with two attached hydrogens (primary N) is 1. The minimum absolute atomic E-state index is 0.779. The second kappa shape index (κ2) is 2.84. The first-order valence-electron chi connectivity index (χ1n) is 3.01. The predicted molar refractivity (Wildman–Crippen MR) is 34.6 cm³/mol. The Kier molecular flexibility index (Phi) is 2.06. The van der Waals surface area contributed by atoms with Crippen molar-refractivity contribution in [2.75, 3.05) is 26.2 Å². The Morgan fingerprint density at radius 3 is 2.50 bits per heavy atom. The fourth-order valence-electron chi connectivity index (χ4n) is 0.887. The van der Waals surface area contributed by atoms with Crippen LogP contribution < -0.4 is 5.73 Å². The molecule has 2 nitrogen and oxygen atoms in total. The van der Waals surface area contributed by atoms with Crippen molar-refractivity contribution in [3.05, 3.63) is 12.2 Å². The first-order chi connectivity index (χ1) is 3.93. The summed E-state index contributed by atoms with van der Waals surface area (Å²) in [6, 6.07) is 0. The Morgan fingerprint density at radius 1 is 1.38 bits per heavy atom. The van der Waals surface area contributed by atoms with Crippen LogP contribution in [0.15, 0.2) is 12.2 Å². The van der Waals surface area contributed by atoms with E-state index in [-0.39, 0.29) is 0 Å². The molecule has 0 spiro atoms. The number of hydrogen-bond acceptors (Lipinski definition) is 2. The molecule has 0 radical (unpaired) electrons. The van der Waals surface area contributed by atoms with Crippen molar-refractivity contribution >= 4 is 0 Å². The second-order valence-corrected chi connectivity index (χ2v) is 2.02. The highest BCUT2D eigenvalue weighted by atomic mass is 15.1. The molecule has 0 atom stereocenters. The van der Waals surface area contributed by atoms with E-state index in [9.17, 15) is 0 Å². The highest BCUT2D eigenvalue weighted by Gasteiger charge is 2.02. The van der Waals surface area contributed by atoms with Crippen molar-refractivity contribution in [2.45, 2.75) is 0 Å². The summed E-state index contributed by atoms with van der Waals surface area (Å²) in [5.41, 5.74) is 5.34. The van der Waals surface area contributed by atoms with Gasteiger partial charge in [0, 0.05) is 26.2 Å². The van der Waals surface area contributed by atoms with Gasteiger partial charge in [0.05, 0.1) is 0 Å². The summed E-state index contributed by atoms with van der Waals surface area (Å²) in [7, 11) is 0. The maximum absolute atomic E-state index is 5.34. The van der Waals surface area contributed by atoms with Crippen molar-refractivity contribution < 1.29 is 0 Å². The van der Waals surface area contributed by atoms with Crippen molar-refractivity contribution in [1.82, 2.24) is 4.90 Å². The molecule has 0 saturated carbocycles. The molecule has 46 valence electrons. The fraction of sp³-hybridized carbons (Fsp3) is 0.667. The maximum atomic E-state index is 5.34. The van der Waals surface area contributed by atoms with Crippen LogP contribution in [-0.4, -0.2) is 31.1 Å². The molecular weight excluding hydrogens is 100 g/mol. The molecular formula is C6H12N2. The van der Waals surface area contributed by atoms with E-state index in [0.717, 1.165) is 26.2 Å². The van der Waals surface area contributed by atoms with Gasteiger partial charge >= 0.3 is 0 Å². The zero-order valence-electron chi connectivity index (χ0n) is 5.01. The van der Waals surface area contributed by atoms with Crippen molar-refractivity contribution in [2.24, 2.45) is 5.73 Å². The lowest BCUT2D eigenvalue weighted by Gasteiger charge is -2.11. The molecule has 0 aromatic heterocycles. The lowest BCUT2D eigenvalue weighted by atomic mass is 10.5. The minimum atomic E-state index is 0.779. The molecule has 2 N–H and O–H groups in total. The van der Waals surface area contributed by atoms with Crippen LogP contribution in [-0.2, 0) is 0 Å². The number of nitrogens with zero attached hydrogens (tertiary/aromatic N) is 1. The quantitative estimate of drug-likeness (QED) is 0.502. The zero-order chi connectivity index (χ0) is 5.82. The molecule has 0 bridgehead atoms. The van der Waals surface area contributed by atoms with Gasteiger partial charge in [-0.25, -0.2) is 0 Å². The molecule has 0 unspecified atom stereocenters. The molecule has 1 aliphatic rings. The molecule has 1 rings (SSSR count). The van der Waals surface area contributed by atoms with Gasteiger partial charge in [0.15, 0.2) is 0 Å². The molecule has 0 aliphatic carbocycles. The van der Waals surface area contributed by atoms with Gasteiger partial charge in [-0.05, 0) is 0 Å². The van der Waals surface area contributed by atoms with Gasteiger partial charge in [0.1, 0.15) is 0 Å². The van der Waals surface area contributed by atoms with E-state index in [1.807, 2.05) is 0 Å². The van der Waals surface area contributed by atoms with Gasteiger partial charge in [-0.1, -0.05) is 12.2 Å². The van der Waals surface area contributed by atoms with Gasteiger partial charge < -0.3 is 5.73 Å². The van der Waals surface area contributed by atoms with Crippen LogP contribution in [0.3, 0.4) is 0 Å². The Hall–Kier alpha value is -0.340. The molecule has 0 aromatic rings. The standard InChI is InChI=1S/C6H12N2/c7-3-6-8-4-1-2-5-8/h1-2H,3-7H2. The zero-order valence-corrected chi connectivity index (χ0v) is 5.01. The van der Waals surface area contributed by atoms with E-state index in [4.69, 9.17) is 5.73 Å². The largest absolute Gasteiger partial charge is 0.329 e. The third-order valence-electron chi connectivity index (χ3n) is 1.34. The Morgan fingerprint density at radius 2 is 2.00 bits per heavy atom. The molecule has 1 aliphatic heterocycles. The first kappa shape index (κ1) is 5.79. The van der Waals surface area contributed by atoms with Gasteiger partial charge in [0.2, 0.25) is 0 Å². The predicted octanol–water partition coefficient (Wildman–Crippen LogP) is -0.183. The van der Waals surface area contributed by atoms with Gasteiger partial charge in [-0.2, -0.15) is 0 Å². The van der Waals surface area contributed by atoms with Gasteiger partial charge in [-0.15, -0.1) is 0 Å². The summed E-state index contributed by atoms with van der Waals surface area (Å²) in [4.78, 5) is 2.31. The van der Waals surface area contributed by atoms with Crippen LogP contribution in [0, 0.1) is 0 Å². The van der Waals surface area contributed by atoms with Crippen LogP contribution in [0.1, 0.15) is 0 Å². The highest BCUT2D eigenvalue weighted by Crippen LogP contribution is 1.95. The lowest BCUT2D eigenvalue weighted by molar-refractivity contribution is 0.363. The minimum Gasteiger partial charge on any atom is -0.329 e. The monoisotopic (exact) mass is 112 g/mol. The average molecular weight is 112 g/mol. The number of hydrogen-bond donors (Lipinski definition) is 1. The average Bonchev–Trinajstić information content (AvgIpc) is 2.19. The second-order valence-electron chi connectivity index (χ2n) is 2.02. The van der Waals surface area contributed by atoms with Gasteiger partial charge in [-0.3, -0.25) is 4.90 Å². The molecule has 1 heterocycles. The van der Waals surface area contributed by atoms with Crippen LogP contribution in [0.25, 0.3) is 0 Å². The first-order valence-corrected chi connectivity index (χ1v) is 3.01. The van der Waals surface area contributed by atoms with E-state index in [0.29, 0.717) is 0 Å². The van der Waals surface area contributed by atoms with Crippen molar-refractivity contribution in [3.8, 4) is 0 Å². The summed E-state index contributed by atoms with van der Waals surface area (Å²) < 4.78 is 0. The van der Waals surface area contributed by atoms with Crippen molar-refractivity contribution in [1.29, 1.82) is 0 Å². The summed E-state index contributed by atoms with van der Waals surface area (Å²) >= 11 is 0. The fourth-order valence-corrected chi connectivity index (χ4v) is 0.887. The van der Waals surface area contributed by atoms with Crippen LogP contribution >= 0.6 is 0 Å². The summed E-state index contributed by atoms with van der Waals surface area (Å²) in [5, 5.41) is 0. The maximum Gasteiger partial charge on any atom is 0.0167 e. The summed E-state index contributed by atoms with van der Waals surface area (Å²) in [6.45, 7) is 4.00. The van der Waals surface area contributed by atoms with E-state index in [1.165, 1.54) is 0 Å². The molecule has 0 amide bonds. The lowest BCUT2D eigenvalue weighted by Crippen LogP contribution is -2.26. The normalized spacial score (nSPS) is 20.1. The highest BCUT2D eigenvalue weighted by molar-refractivity contribution is 4.94.